The van der Waals surface area contributed by atoms with Crippen LogP contribution in [-0.2, 0) is 15.5 Å². The highest BCUT2D eigenvalue weighted by Crippen LogP contribution is 2.36. The number of hydrogen-bond acceptors (Lipinski definition) is 7. The highest BCUT2D eigenvalue weighted by atomic mass is 19.3. The first-order valence-electron chi connectivity index (χ1n) is 12.1. The van der Waals surface area contributed by atoms with Gasteiger partial charge in [0.15, 0.2) is 11.6 Å². The third-order valence-electron chi connectivity index (χ3n) is 6.36. The maximum Gasteiger partial charge on any atom is 0.333 e. The van der Waals surface area contributed by atoms with Gasteiger partial charge < -0.3 is 15.4 Å². The Labute approximate surface area is 216 Å². The highest BCUT2D eigenvalue weighted by molar-refractivity contribution is 5.94. The number of carbonyl (C=O) groups excluding carboxylic acids is 1. The lowest BCUT2D eigenvalue weighted by atomic mass is 10.1. The summed E-state index contributed by atoms with van der Waals surface area (Å²) in [7, 11) is 0. The molecule has 0 atom stereocenters. The summed E-state index contributed by atoms with van der Waals surface area (Å²) in [5, 5.41) is 16.8. The van der Waals surface area contributed by atoms with E-state index < -0.39 is 23.1 Å². The number of amides is 1. The zero-order valence-electron chi connectivity index (χ0n) is 20.9. The van der Waals surface area contributed by atoms with Crippen molar-refractivity contribution in [3.63, 3.8) is 0 Å². The van der Waals surface area contributed by atoms with Gasteiger partial charge in [0.25, 0.3) is 0 Å². The third kappa shape index (κ3) is 5.34. The molecule has 4 aromatic rings. The summed E-state index contributed by atoms with van der Waals surface area (Å²) in [6.45, 7) is 6.95. The Morgan fingerprint density at radius 1 is 1.18 bits per heavy atom. The van der Waals surface area contributed by atoms with Gasteiger partial charge >= 0.3 is 5.92 Å². The first-order chi connectivity index (χ1) is 18.2. The van der Waals surface area contributed by atoms with E-state index in [0.717, 1.165) is 43.0 Å². The zero-order chi connectivity index (χ0) is 26.9. The summed E-state index contributed by atoms with van der Waals surface area (Å²) in [6, 6.07) is 5.60. The summed E-state index contributed by atoms with van der Waals surface area (Å²) >= 11 is 0. The van der Waals surface area contributed by atoms with E-state index in [1.807, 2.05) is 0 Å². The second kappa shape index (κ2) is 10.4. The average Bonchev–Trinajstić information content (AvgIpc) is 3.45. The maximum absolute atomic E-state index is 15.5. The Morgan fingerprint density at radius 2 is 1.92 bits per heavy atom. The molecule has 4 heterocycles. The van der Waals surface area contributed by atoms with Gasteiger partial charge in [0.05, 0.1) is 25.1 Å². The molecule has 0 spiro atoms. The topological polar surface area (TPSA) is 112 Å². The van der Waals surface area contributed by atoms with Crippen LogP contribution in [0.15, 0.2) is 36.5 Å². The van der Waals surface area contributed by atoms with Gasteiger partial charge in [0, 0.05) is 48.9 Å². The number of nitrogens with one attached hydrogen (secondary N) is 3. The number of alkyl halides is 2. The zero-order valence-corrected chi connectivity index (χ0v) is 20.9. The first kappa shape index (κ1) is 25.7. The average molecular weight is 529 g/mol. The number of aromatic nitrogens is 5. The molecule has 13 heteroatoms. The van der Waals surface area contributed by atoms with Crippen molar-refractivity contribution in [3.05, 3.63) is 65.0 Å². The monoisotopic (exact) mass is 528 g/mol. The van der Waals surface area contributed by atoms with Crippen LogP contribution in [0.4, 0.5) is 30.5 Å². The van der Waals surface area contributed by atoms with Crippen LogP contribution in [0.25, 0.3) is 5.52 Å². The van der Waals surface area contributed by atoms with E-state index in [1.165, 1.54) is 10.7 Å². The number of rotatable bonds is 8. The summed E-state index contributed by atoms with van der Waals surface area (Å²) in [4.78, 5) is 19.0. The van der Waals surface area contributed by atoms with Gasteiger partial charge in [0.2, 0.25) is 11.7 Å². The lowest BCUT2D eigenvalue weighted by molar-refractivity contribution is -0.116. The summed E-state index contributed by atoms with van der Waals surface area (Å²) < 4.78 is 50.9. The molecule has 0 radical (unpaired) electrons. The van der Waals surface area contributed by atoms with E-state index in [-0.39, 0.29) is 18.1 Å². The van der Waals surface area contributed by atoms with E-state index in [1.54, 1.807) is 19.9 Å². The van der Waals surface area contributed by atoms with Gasteiger partial charge in [-0.05, 0) is 38.1 Å². The minimum atomic E-state index is -3.63. The number of aryl methyl sites for hydroxylation is 2. The number of anilines is 3. The molecule has 0 aliphatic carbocycles. The molecule has 200 valence electrons. The minimum Gasteiger partial charge on any atom is -0.379 e. The Bertz CT molecular complexity index is 1450. The van der Waals surface area contributed by atoms with Crippen molar-refractivity contribution in [2.45, 2.75) is 26.2 Å². The molecule has 1 aliphatic heterocycles. The van der Waals surface area contributed by atoms with Gasteiger partial charge in [-0.3, -0.25) is 14.8 Å². The maximum atomic E-state index is 15.5. The molecule has 0 unspecified atom stereocenters. The molecule has 1 amide bonds. The fraction of sp³-hybridized carbons (Fsp3) is 0.360. The molecule has 0 bridgehead atoms. The van der Waals surface area contributed by atoms with Crippen LogP contribution in [0.2, 0.25) is 0 Å². The molecular formula is C25H27F3N8O2. The molecule has 5 rings (SSSR count). The van der Waals surface area contributed by atoms with Crippen LogP contribution in [0.3, 0.4) is 0 Å². The lowest BCUT2D eigenvalue weighted by Gasteiger charge is -2.26. The van der Waals surface area contributed by atoms with E-state index in [2.05, 4.69) is 35.8 Å². The number of fused-ring (bicyclic) bond motifs is 1. The standard InChI is InChI=1S/C25H27F3N8O2/c1-15-13-20(33-32-15)30-23-22-16(2)19(29-21(37)7-8-35-9-11-38-12-10-35)14-36(22)34-24(31-23)25(27,28)17-3-5-18(26)6-4-17/h3-6,13-14H,7-12H2,1-2H3,(H,29,37)(H2,30,31,32,33,34). The van der Waals surface area contributed by atoms with Gasteiger partial charge in [-0.25, -0.2) is 13.9 Å². The van der Waals surface area contributed by atoms with Crippen LogP contribution in [0.1, 0.15) is 29.1 Å². The number of benzene rings is 1. The van der Waals surface area contributed by atoms with Crippen LogP contribution in [0.5, 0.6) is 0 Å². The molecule has 3 N–H and O–H groups in total. The molecular weight excluding hydrogens is 501 g/mol. The van der Waals surface area contributed by atoms with Gasteiger partial charge in [-0.1, -0.05) is 0 Å². The number of ether oxygens (including phenoxy) is 1. The van der Waals surface area contributed by atoms with Crippen LogP contribution in [0, 0.1) is 19.7 Å². The predicted molar refractivity (Wildman–Crippen MR) is 134 cm³/mol. The SMILES string of the molecule is Cc1cc(Nc2nc(C(F)(F)c3ccc(F)cc3)nn3cc(NC(=O)CCN4CCOCC4)c(C)c23)n[nH]1. The minimum absolute atomic E-state index is 0.0783. The smallest absolute Gasteiger partial charge is 0.333 e. The molecule has 3 aromatic heterocycles. The second-order valence-corrected chi connectivity index (χ2v) is 9.14. The van der Waals surface area contributed by atoms with Crippen molar-refractivity contribution >= 4 is 28.7 Å². The molecule has 38 heavy (non-hydrogen) atoms. The van der Waals surface area contributed by atoms with Crippen LogP contribution < -0.4 is 10.6 Å². The first-order valence-corrected chi connectivity index (χ1v) is 12.1. The molecule has 1 saturated heterocycles. The number of aromatic amines is 1. The van der Waals surface area contributed by atoms with Crippen molar-refractivity contribution in [2.75, 3.05) is 43.5 Å². The number of carbonyl (C=O) groups is 1. The fourth-order valence-electron chi connectivity index (χ4n) is 4.27. The Balaban J connectivity index is 1.48. The molecule has 1 aliphatic rings. The van der Waals surface area contributed by atoms with E-state index in [9.17, 15) is 9.18 Å². The number of halogens is 3. The number of H-pyrrole nitrogens is 1. The van der Waals surface area contributed by atoms with Crippen LogP contribution >= 0.6 is 0 Å². The van der Waals surface area contributed by atoms with Crippen molar-refractivity contribution in [1.29, 1.82) is 0 Å². The normalized spacial score (nSPS) is 14.7. The van der Waals surface area contributed by atoms with Gasteiger partial charge in [0.1, 0.15) is 11.3 Å². The fourth-order valence-corrected chi connectivity index (χ4v) is 4.27. The molecule has 0 saturated carbocycles. The summed E-state index contributed by atoms with van der Waals surface area (Å²) in [5.74, 6) is -4.82. The van der Waals surface area contributed by atoms with Crippen molar-refractivity contribution in [3.8, 4) is 0 Å². The van der Waals surface area contributed by atoms with Gasteiger partial charge in [-0.15, -0.1) is 5.10 Å². The number of hydrogen-bond donors (Lipinski definition) is 3. The molecule has 1 fully saturated rings. The van der Waals surface area contributed by atoms with E-state index in [0.29, 0.717) is 42.3 Å². The lowest BCUT2D eigenvalue weighted by Crippen LogP contribution is -2.38. The quantitative estimate of drug-likeness (QED) is 0.319. The second-order valence-electron chi connectivity index (χ2n) is 9.14. The third-order valence-corrected chi connectivity index (χ3v) is 6.36. The Kier molecular flexibility index (Phi) is 7.04. The number of morpholine rings is 1. The Hall–Kier alpha value is -3.97. The van der Waals surface area contributed by atoms with Crippen molar-refractivity contribution in [1.82, 2.24) is 29.7 Å². The molecule has 10 nitrogen and oxygen atoms in total. The van der Waals surface area contributed by atoms with Crippen molar-refractivity contribution < 1.29 is 22.7 Å². The summed E-state index contributed by atoms with van der Waals surface area (Å²) in [5.41, 5.74) is 1.72. The summed E-state index contributed by atoms with van der Waals surface area (Å²) in [6.07, 6.45) is 1.74. The Morgan fingerprint density at radius 3 is 2.61 bits per heavy atom. The van der Waals surface area contributed by atoms with E-state index in [4.69, 9.17) is 4.74 Å². The predicted octanol–water partition coefficient (Wildman–Crippen LogP) is 3.75. The highest BCUT2D eigenvalue weighted by Gasteiger charge is 2.39. The number of nitrogens with zero attached hydrogens (tertiary/aromatic N) is 5. The van der Waals surface area contributed by atoms with Crippen LogP contribution in [-0.4, -0.2) is 68.5 Å². The van der Waals surface area contributed by atoms with Crippen molar-refractivity contribution in [2.24, 2.45) is 0 Å². The molecule has 1 aromatic carbocycles. The van der Waals surface area contributed by atoms with Gasteiger partial charge in [-0.2, -0.15) is 13.9 Å². The van der Waals surface area contributed by atoms with E-state index >= 15 is 8.78 Å². The largest absolute Gasteiger partial charge is 0.379 e.